The van der Waals surface area contributed by atoms with Gasteiger partial charge in [-0.25, -0.2) is 0 Å². The van der Waals surface area contributed by atoms with E-state index in [0.29, 0.717) is 12.6 Å². The van der Waals surface area contributed by atoms with E-state index in [1.807, 2.05) is 18.2 Å². The Kier molecular flexibility index (Phi) is 6.95. The van der Waals surface area contributed by atoms with Crippen LogP contribution in [-0.2, 0) is 13.2 Å². The molecule has 2 aromatic rings. The zero-order valence-electron chi connectivity index (χ0n) is 15.8. The van der Waals surface area contributed by atoms with Crippen molar-refractivity contribution in [2.75, 3.05) is 19.6 Å². The molecule has 3 nitrogen and oxygen atoms in total. The van der Waals surface area contributed by atoms with Crippen molar-refractivity contribution in [2.45, 2.75) is 45.9 Å². The lowest BCUT2D eigenvalue weighted by Crippen LogP contribution is -2.37. The molecule has 0 spiro atoms. The normalized spacial score (nSPS) is 17.6. The first-order valence-corrected chi connectivity index (χ1v) is 9.95. The molecule has 1 saturated heterocycles. The summed E-state index contributed by atoms with van der Waals surface area (Å²) in [5.41, 5.74) is 3.58. The van der Waals surface area contributed by atoms with Gasteiger partial charge in [-0.1, -0.05) is 42.8 Å². The van der Waals surface area contributed by atoms with Crippen LogP contribution in [0.1, 0.15) is 36.5 Å². The predicted molar refractivity (Wildman–Crippen MR) is 109 cm³/mol. The van der Waals surface area contributed by atoms with Crippen LogP contribution in [0.2, 0.25) is 5.02 Å². The first kappa shape index (κ1) is 19.2. The Morgan fingerprint density at radius 2 is 2.04 bits per heavy atom. The molecule has 4 heteroatoms. The molecular weight excluding hydrogens is 344 g/mol. The van der Waals surface area contributed by atoms with Gasteiger partial charge in [-0.3, -0.25) is 4.90 Å². The number of benzene rings is 2. The molecule has 1 atom stereocenters. The Morgan fingerprint density at radius 3 is 2.85 bits per heavy atom. The molecule has 0 amide bonds. The maximum absolute atomic E-state index is 6.22. The van der Waals surface area contributed by atoms with Crippen LogP contribution in [0.5, 0.6) is 5.75 Å². The fraction of sp³-hybridized carbons (Fsp3) is 0.455. The lowest BCUT2D eigenvalue weighted by Gasteiger charge is -2.23. The summed E-state index contributed by atoms with van der Waals surface area (Å²) in [7, 11) is 0. The van der Waals surface area contributed by atoms with E-state index in [9.17, 15) is 0 Å². The van der Waals surface area contributed by atoms with Crippen molar-refractivity contribution in [3.05, 3.63) is 64.2 Å². The molecule has 1 aliphatic heterocycles. The van der Waals surface area contributed by atoms with Gasteiger partial charge in [0.1, 0.15) is 12.4 Å². The standard InChI is InChI=1S/C22H29ClN2O/c1-3-25-12-6-9-21(25)15-24-14-19-13-20(23)10-11-22(19)26-16-18-8-5-4-7-17(18)2/h4-5,7-8,10-11,13,21,24H,3,6,9,12,14-16H2,1-2H3/t21-/m1/s1. The molecule has 1 N–H and O–H groups in total. The third-order valence-electron chi connectivity index (χ3n) is 5.27. The quantitative estimate of drug-likeness (QED) is 0.720. The molecule has 1 fully saturated rings. The Labute approximate surface area is 162 Å². The second kappa shape index (κ2) is 9.40. The molecule has 0 aliphatic carbocycles. The summed E-state index contributed by atoms with van der Waals surface area (Å²) in [6.45, 7) is 9.08. The van der Waals surface area contributed by atoms with Crippen molar-refractivity contribution < 1.29 is 4.74 Å². The van der Waals surface area contributed by atoms with Gasteiger partial charge in [0.25, 0.3) is 0 Å². The Balaban J connectivity index is 1.59. The molecule has 140 valence electrons. The Morgan fingerprint density at radius 1 is 1.19 bits per heavy atom. The number of nitrogens with one attached hydrogen (secondary N) is 1. The Hall–Kier alpha value is -1.55. The van der Waals surface area contributed by atoms with Crippen LogP contribution in [0.3, 0.4) is 0 Å². The molecular formula is C22H29ClN2O. The van der Waals surface area contributed by atoms with Crippen molar-refractivity contribution in [1.82, 2.24) is 10.2 Å². The molecule has 0 bridgehead atoms. The van der Waals surface area contributed by atoms with Crippen LogP contribution < -0.4 is 10.1 Å². The van der Waals surface area contributed by atoms with Gasteiger partial charge in [-0.15, -0.1) is 0 Å². The number of likely N-dealkylation sites (N-methyl/N-ethyl adjacent to an activating group) is 1. The van der Waals surface area contributed by atoms with Gasteiger partial charge >= 0.3 is 0 Å². The average Bonchev–Trinajstić information content (AvgIpc) is 3.10. The molecule has 1 aliphatic rings. The van der Waals surface area contributed by atoms with Gasteiger partial charge in [0, 0.05) is 29.7 Å². The highest BCUT2D eigenvalue weighted by molar-refractivity contribution is 6.30. The van der Waals surface area contributed by atoms with Crippen LogP contribution in [0, 0.1) is 6.92 Å². The van der Waals surface area contributed by atoms with Gasteiger partial charge in [-0.2, -0.15) is 0 Å². The number of aryl methyl sites for hydroxylation is 1. The smallest absolute Gasteiger partial charge is 0.124 e. The van der Waals surface area contributed by atoms with E-state index in [4.69, 9.17) is 16.3 Å². The zero-order chi connectivity index (χ0) is 18.4. The van der Waals surface area contributed by atoms with E-state index < -0.39 is 0 Å². The van der Waals surface area contributed by atoms with E-state index in [0.717, 1.165) is 36.0 Å². The summed E-state index contributed by atoms with van der Waals surface area (Å²) in [6.07, 6.45) is 2.59. The van der Waals surface area contributed by atoms with Gasteiger partial charge in [0.05, 0.1) is 0 Å². The molecule has 2 aromatic carbocycles. The van der Waals surface area contributed by atoms with Gasteiger partial charge in [0.2, 0.25) is 0 Å². The lowest BCUT2D eigenvalue weighted by molar-refractivity contribution is 0.259. The van der Waals surface area contributed by atoms with Gasteiger partial charge in [0.15, 0.2) is 0 Å². The summed E-state index contributed by atoms with van der Waals surface area (Å²) in [4.78, 5) is 2.56. The molecule has 0 unspecified atom stereocenters. The molecule has 1 heterocycles. The molecule has 0 aromatic heterocycles. The van der Waals surface area contributed by atoms with Crippen molar-refractivity contribution in [1.29, 1.82) is 0 Å². The summed E-state index contributed by atoms with van der Waals surface area (Å²) in [5.74, 6) is 0.906. The highest BCUT2D eigenvalue weighted by Crippen LogP contribution is 2.24. The van der Waals surface area contributed by atoms with Crippen molar-refractivity contribution in [3.8, 4) is 5.75 Å². The third kappa shape index (κ3) is 5.00. The molecule has 0 radical (unpaired) electrons. The third-order valence-corrected chi connectivity index (χ3v) is 5.50. The van der Waals surface area contributed by atoms with E-state index in [1.165, 1.54) is 30.5 Å². The lowest BCUT2D eigenvalue weighted by atomic mass is 10.1. The van der Waals surface area contributed by atoms with E-state index in [2.05, 4.69) is 48.3 Å². The van der Waals surface area contributed by atoms with Crippen LogP contribution in [0.15, 0.2) is 42.5 Å². The SMILES string of the molecule is CCN1CCC[C@@H]1CNCc1cc(Cl)ccc1OCc1ccccc1C. The fourth-order valence-corrected chi connectivity index (χ4v) is 3.87. The fourth-order valence-electron chi connectivity index (χ4n) is 3.67. The highest BCUT2D eigenvalue weighted by Gasteiger charge is 2.22. The first-order chi connectivity index (χ1) is 12.7. The topological polar surface area (TPSA) is 24.5 Å². The number of likely N-dealkylation sites (tertiary alicyclic amines) is 1. The number of hydrogen-bond donors (Lipinski definition) is 1. The van der Waals surface area contributed by atoms with Crippen LogP contribution in [0.25, 0.3) is 0 Å². The summed E-state index contributed by atoms with van der Waals surface area (Å²) >= 11 is 6.22. The van der Waals surface area contributed by atoms with Crippen molar-refractivity contribution in [3.63, 3.8) is 0 Å². The van der Waals surface area contributed by atoms with Crippen molar-refractivity contribution in [2.24, 2.45) is 0 Å². The minimum atomic E-state index is 0.577. The highest BCUT2D eigenvalue weighted by atomic mass is 35.5. The number of hydrogen-bond acceptors (Lipinski definition) is 3. The maximum Gasteiger partial charge on any atom is 0.124 e. The molecule has 3 rings (SSSR count). The number of ether oxygens (including phenoxy) is 1. The minimum Gasteiger partial charge on any atom is -0.489 e. The van der Waals surface area contributed by atoms with Crippen LogP contribution >= 0.6 is 11.6 Å². The number of halogens is 1. The second-order valence-electron chi connectivity index (χ2n) is 7.02. The summed E-state index contributed by atoms with van der Waals surface area (Å²) in [5, 5.41) is 4.36. The predicted octanol–water partition coefficient (Wildman–Crippen LogP) is 4.80. The van der Waals surface area contributed by atoms with Gasteiger partial charge < -0.3 is 10.1 Å². The Bertz CT molecular complexity index is 719. The zero-order valence-corrected chi connectivity index (χ0v) is 16.6. The van der Waals surface area contributed by atoms with E-state index in [-0.39, 0.29) is 0 Å². The second-order valence-corrected chi connectivity index (χ2v) is 7.46. The van der Waals surface area contributed by atoms with Crippen LogP contribution in [-0.4, -0.2) is 30.6 Å². The van der Waals surface area contributed by atoms with E-state index in [1.54, 1.807) is 0 Å². The largest absolute Gasteiger partial charge is 0.489 e. The van der Waals surface area contributed by atoms with Crippen molar-refractivity contribution >= 4 is 11.6 Å². The summed E-state index contributed by atoms with van der Waals surface area (Å²) < 4.78 is 6.11. The van der Waals surface area contributed by atoms with E-state index >= 15 is 0 Å². The maximum atomic E-state index is 6.22. The first-order valence-electron chi connectivity index (χ1n) is 9.58. The number of rotatable bonds is 8. The molecule has 0 saturated carbocycles. The van der Waals surface area contributed by atoms with Gasteiger partial charge in [-0.05, 0) is 62.2 Å². The van der Waals surface area contributed by atoms with Crippen LogP contribution in [0.4, 0.5) is 0 Å². The summed E-state index contributed by atoms with van der Waals surface area (Å²) in [6, 6.07) is 14.9. The monoisotopic (exact) mass is 372 g/mol. The molecule has 26 heavy (non-hydrogen) atoms. The number of nitrogens with zero attached hydrogens (tertiary/aromatic N) is 1. The average molecular weight is 373 g/mol. The minimum absolute atomic E-state index is 0.577.